The van der Waals surface area contributed by atoms with Crippen molar-refractivity contribution in [1.29, 1.82) is 0 Å². The zero-order valence-electron chi connectivity index (χ0n) is 15.8. The van der Waals surface area contributed by atoms with Gasteiger partial charge in [0.05, 0.1) is 11.5 Å². The number of carboxylic acid groups (broad SMARTS) is 1. The molecule has 1 aromatic rings. The Balaban J connectivity index is 2.14. The molecule has 1 aliphatic heterocycles. The quantitative estimate of drug-likeness (QED) is 0.683. The van der Waals surface area contributed by atoms with E-state index in [1.54, 1.807) is 6.92 Å². The molecule has 1 fully saturated rings. The van der Waals surface area contributed by atoms with Crippen LogP contribution in [0.4, 0.5) is 0 Å². The van der Waals surface area contributed by atoms with E-state index in [0.717, 1.165) is 0 Å². The molecule has 150 valence electrons. The van der Waals surface area contributed by atoms with Crippen molar-refractivity contribution in [2.45, 2.75) is 37.6 Å². The summed E-state index contributed by atoms with van der Waals surface area (Å²) in [6.45, 7) is 4.06. The summed E-state index contributed by atoms with van der Waals surface area (Å²) in [4.78, 5) is 25.8. The first-order valence-corrected chi connectivity index (χ1v) is 10.3. The highest BCUT2D eigenvalue weighted by Crippen LogP contribution is 2.32. The van der Waals surface area contributed by atoms with Gasteiger partial charge in [-0.2, -0.15) is 0 Å². The summed E-state index contributed by atoms with van der Waals surface area (Å²) in [5.41, 5.74) is -0.787. The van der Waals surface area contributed by atoms with E-state index in [1.807, 2.05) is 6.92 Å². The van der Waals surface area contributed by atoms with Crippen molar-refractivity contribution in [2.75, 3.05) is 26.8 Å². The fourth-order valence-electron chi connectivity index (χ4n) is 3.05. The highest BCUT2D eigenvalue weighted by atomic mass is 32.2. The number of methoxy groups -OCH3 is 1. The van der Waals surface area contributed by atoms with Crippen LogP contribution in [0.25, 0.3) is 0 Å². The van der Waals surface area contributed by atoms with E-state index in [-0.39, 0.29) is 30.0 Å². The molecule has 0 aromatic heterocycles. The van der Waals surface area contributed by atoms with E-state index in [1.165, 1.54) is 36.3 Å². The molecule has 2 atom stereocenters. The Morgan fingerprint density at radius 3 is 2.48 bits per heavy atom. The van der Waals surface area contributed by atoms with Crippen molar-refractivity contribution in [3.63, 3.8) is 0 Å². The summed E-state index contributed by atoms with van der Waals surface area (Å²) in [5.74, 6) is -1.31. The van der Waals surface area contributed by atoms with Gasteiger partial charge in [0, 0.05) is 31.8 Å². The molecule has 1 amide bonds. The fraction of sp³-hybridized carbons (Fsp3) is 0.556. The topological polar surface area (TPSA) is 113 Å². The number of rotatable bonds is 8. The van der Waals surface area contributed by atoms with Crippen LogP contribution in [0, 0.1) is 5.41 Å². The normalized spacial score (nSPS) is 21.2. The van der Waals surface area contributed by atoms with Gasteiger partial charge in [-0.3, -0.25) is 9.59 Å². The Kier molecular flexibility index (Phi) is 6.61. The zero-order chi connectivity index (χ0) is 20.2. The maximum atomic E-state index is 12.7. The number of hydrogen-bond acceptors (Lipinski definition) is 5. The van der Waals surface area contributed by atoms with Crippen LogP contribution < -0.4 is 4.72 Å². The lowest BCUT2D eigenvalue weighted by atomic mass is 9.88. The van der Waals surface area contributed by atoms with Crippen LogP contribution in [-0.2, 0) is 19.6 Å². The minimum Gasteiger partial charge on any atom is -0.481 e. The summed E-state index contributed by atoms with van der Waals surface area (Å²) in [6, 6.07) is 5.47. The third kappa shape index (κ3) is 4.66. The van der Waals surface area contributed by atoms with Crippen LogP contribution in [0.2, 0.25) is 0 Å². The Hall–Kier alpha value is -1.97. The van der Waals surface area contributed by atoms with Crippen LogP contribution in [0.15, 0.2) is 29.2 Å². The van der Waals surface area contributed by atoms with Gasteiger partial charge in [0.1, 0.15) is 5.41 Å². The van der Waals surface area contributed by atoms with Gasteiger partial charge in [-0.25, -0.2) is 13.1 Å². The van der Waals surface area contributed by atoms with Gasteiger partial charge in [-0.1, -0.05) is 6.92 Å². The number of nitrogens with zero attached hydrogens (tertiary/aromatic N) is 1. The number of aliphatic carboxylic acids is 1. The predicted octanol–water partition coefficient (Wildman–Crippen LogP) is 1.33. The SMILES string of the molecule is CCC(C)NS(=O)(=O)c1ccc(C(=O)N2CCC(COC)(C(=O)O)C2)cc1. The van der Waals surface area contributed by atoms with Crippen LogP contribution in [0.1, 0.15) is 37.0 Å². The molecule has 0 aliphatic carbocycles. The van der Waals surface area contributed by atoms with E-state index >= 15 is 0 Å². The number of nitrogens with one attached hydrogen (secondary N) is 1. The number of likely N-dealkylation sites (tertiary alicyclic amines) is 1. The molecule has 1 aliphatic rings. The molecule has 1 aromatic carbocycles. The molecule has 27 heavy (non-hydrogen) atoms. The lowest BCUT2D eigenvalue weighted by molar-refractivity contribution is -0.151. The Labute approximate surface area is 159 Å². The van der Waals surface area contributed by atoms with Gasteiger partial charge in [-0.05, 0) is 44.0 Å². The van der Waals surface area contributed by atoms with Crippen LogP contribution in [0.5, 0.6) is 0 Å². The molecule has 0 saturated carbocycles. The molecule has 1 heterocycles. The average Bonchev–Trinajstić information content (AvgIpc) is 3.06. The van der Waals surface area contributed by atoms with Crippen molar-refractivity contribution in [3.05, 3.63) is 29.8 Å². The average molecular weight is 398 g/mol. The van der Waals surface area contributed by atoms with Crippen molar-refractivity contribution in [2.24, 2.45) is 5.41 Å². The first kappa shape index (κ1) is 21.3. The molecule has 0 bridgehead atoms. The predicted molar refractivity (Wildman–Crippen MR) is 99.0 cm³/mol. The maximum Gasteiger partial charge on any atom is 0.313 e. The fourth-order valence-corrected chi connectivity index (χ4v) is 4.38. The highest BCUT2D eigenvalue weighted by Gasteiger charge is 2.46. The summed E-state index contributed by atoms with van der Waals surface area (Å²) >= 11 is 0. The third-order valence-corrected chi connectivity index (χ3v) is 6.50. The number of carbonyl (C=O) groups is 2. The number of carboxylic acids is 1. The Morgan fingerprint density at radius 2 is 1.96 bits per heavy atom. The number of carbonyl (C=O) groups excluding carboxylic acids is 1. The van der Waals surface area contributed by atoms with Gasteiger partial charge in [-0.15, -0.1) is 0 Å². The summed E-state index contributed by atoms with van der Waals surface area (Å²) in [7, 11) is -2.21. The second-order valence-electron chi connectivity index (χ2n) is 6.95. The van der Waals surface area contributed by atoms with E-state index in [2.05, 4.69) is 4.72 Å². The molecular weight excluding hydrogens is 372 g/mol. The third-order valence-electron chi connectivity index (χ3n) is 4.90. The minimum atomic E-state index is -3.64. The number of ether oxygens (including phenoxy) is 1. The maximum absolute atomic E-state index is 12.7. The summed E-state index contributed by atoms with van der Waals surface area (Å²) in [6.07, 6.45) is 0.977. The molecule has 2 rings (SSSR count). The van der Waals surface area contributed by atoms with Crippen molar-refractivity contribution >= 4 is 21.9 Å². The highest BCUT2D eigenvalue weighted by molar-refractivity contribution is 7.89. The van der Waals surface area contributed by atoms with Crippen molar-refractivity contribution in [3.8, 4) is 0 Å². The monoisotopic (exact) mass is 398 g/mol. The molecule has 9 heteroatoms. The number of benzene rings is 1. The molecule has 2 unspecified atom stereocenters. The first-order valence-electron chi connectivity index (χ1n) is 8.79. The van der Waals surface area contributed by atoms with Gasteiger partial charge in [0.15, 0.2) is 0 Å². The zero-order valence-corrected chi connectivity index (χ0v) is 16.6. The lowest BCUT2D eigenvalue weighted by Gasteiger charge is -2.23. The summed E-state index contributed by atoms with van der Waals surface area (Å²) < 4.78 is 32.2. The van der Waals surface area contributed by atoms with E-state index in [9.17, 15) is 23.1 Å². The Bertz CT molecular complexity index is 793. The van der Waals surface area contributed by atoms with Gasteiger partial charge >= 0.3 is 5.97 Å². The number of sulfonamides is 1. The molecule has 8 nitrogen and oxygen atoms in total. The molecule has 2 N–H and O–H groups in total. The number of hydrogen-bond donors (Lipinski definition) is 2. The largest absolute Gasteiger partial charge is 0.481 e. The first-order chi connectivity index (χ1) is 12.6. The van der Waals surface area contributed by atoms with Crippen LogP contribution in [-0.4, -0.2) is 63.1 Å². The van der Waals surface area contributed by atoms with Crippen molar-refractivity contribution < 1.29 is 27.9 Å². The number of amides is 1. The minimum absolute atomic E-state index is 0.0323. The second kappa shape index (κ2) is 8.37. The standard InChI is InChI=1S/C18H26N2O6S/c1-4-13(2)19-27(24,25)15-7-5-14(6-8-15)16(21)20-10-9-18(11-20,12-26-3)17(22)23/h5-8,13,19H,4,9-12H2,1-3H3,(H,22,23). The van der Waals surface area contributed by atoms with E-state index in [4.69, 9.17) is 4.74 Å². The van der Waals surface area contributed by atoms with Gasteiger partial charge in [0.2, 0.25) is 10.0 Å². The van der Waals surface area contributed by atoms with Gasteiger partial charge < -0.3 is 14.7 Å². The smallest absolute Gasteiger partial charge is 0.313 e. The van der Waals surface area contributed by atoms with Crippen molar-refractivity contribution in [1.82, 2.24) is 9.62 Å². The van der Waals surface area contributed by atoms with E-state index < -0.39 is 21.4 Å². The molecule has 0 radical (unpaired) electrons. The molecule has 1 saturated heterocycles. The molecular formula is C18H26N2O6S. The molecule has 0 spiro atoms. The lowest BCUT2D eigenvalue weighted by Crippen LogP contribution is -2.40. The second-order valence-corrected chi connectivity index (χ2v) is 8.66. The Morgan fingerprint density at radius 1 is 1.33 bits per heavy atom. The van der Waals surface area contributed by atoms with Crippen LogP contribution in [0.3, 0.4) is 0 Å². The van der Waals surface area contributed by atoms with Gasteiger partial charge in [0.25, 0.3) is 5.91 Å². The van der Waals surface area contributed by atoms with E-state index in [0.29, 0.717) is 24.9 Å². The van der Waals surface area contributed by atoms with Crippen LogP contribution >= 0.6 is 0 Å². The summed E-state index contributed by atoms with van der Waals surface area (Å²) in [5, 5.41) is 9.49.